The van der Waals surface area contributed by atoms with Gasteiger partial charge in [0.1, 0.15) is 24.4 Å². The first-order chi connectivity index (χ1) is 33.7. The fourth-order valence-electron chi connectivity index (χ4n) is 8.57. The van der Waals surface area contributed by atoms with Crippen LogP contribution in [0.4, 0.5) is 0 Å². The van der Waals surface area contributed by atoms with E-state index in [1.807, 2.05) is 6.08 Å². The highest BCUT2D eigenvalue weighted by molar-refractivity contribution is 5.76. The number of ether oxygens (including phenoxy) is 3. The molecule has 1 heterocycles. The minimum Gasteiger partial charge on any atom is -0.466 e. The highest BCUT2D eigenvalue weighted by Gasteiger charge is 2.44. The van der Waals surface area contributed by atoms with Gasteiger partial charge in [0.2, 0.25) is 5.91 Å². The molecule has 1 aliphatic rings. The second-order valence-corrected chi connectivity index (χ2v) is 19.6. The number of rotatable bonds is 48. The van der Waals surface area contributed by atoms with Crippen LogP contribution >= 0.6 is 0 Å². The quantitative estimate of drug-likeness (QED) is 0.0196. The van der Waals surface area contributed by atoms with E-state index in [4.69, 9.17) is 14.2 Å². The second kappa shape index (κ2) is 47.9. The number of aliphatic hydroxyl groups excluding tert-OH is 5. The number of nitrogens with one attached hydrogen (secondary N) is 1. The van der Waals surface area contributed by atoms with Crippen molar-refractivity contribution in [3.8, 4) is 0 Å². The molecule has 6 N–H and O–H groups in total. The van der Waals surface area contributed by atoms with Crippen LogP contribution in [0.25, 0.3) is 0 Å². The molecule has 11 nitrogen and oxygen atoms in total. The molecule has 402 valence electrons. The summed E-state index contributed by atoms with van der Waals surface area (Å²) in [7, 11) is 0. The topological polar surface area (TPSA) is 175 Å². The van der Waals surface area contributed by atoms with Gasteiger partial charge in [-0.2, -0.15) is 0 Å². The zero-order valence-electron chi connectivity index (χ0n) is 44.0. The molecule has 11 heteroatoms. The van der Waals surface area contributed by atoms with Crippen LogP contribution in [0.15, 0.2) is 48.6 Å². The number of allylic oxidation sites excluding steroid dienone is 7. The highest BCUT2D eigenvalue weighted by Crippen LogP contribution is 2.23. The lowest BCUT2D eigenvalue weighted by atomic mass is 9.99. The van der Waals surface area contributed by atoms with Gasteiger partial charge in [0.05, 0.1) is 32.0 Å². The number of carbonyl (C=O) groups is 2. The number of unbranched alkanes of at least 4 members (excludes halogenated alkanes) is 28. The van der Waals surface area contributed by atoms with E-state index in [9.17, 15) is 35.1 Å². The molecular formula is C58H105NO10. The van der Waals surface area contributed by atoms with E-state index >= 15 is 0 Å². The molecule has 0 aromatic rings. The number of esters is 1. The molecule has 0 aliphatic carbocycles. The lowest BCUT2D eigenvalue weighted by Crippen LogP contribution is -2.60. The number of hydrogen-bond acceptors (Lipinski definition) is 10. The van der Waals surface area contributed by atoms with E-state index < -0.39 is 49.5 Å². The Bertz CT molecular complexity index is 1290. The SMILES string of the molecule is CCCCC/C=C\C/C=C\CCCCCCCCCC(=O)OCCCCCC/C=C\CCCCCCCCCC(=O)NC(COC1OC(CO)C(O)C(O)C1O)C(O)/C=C/CCCCCCCCC. The fraction of sp³-hybridized carbons (Fsp3) is 0.828. The molecule has 0 bridgehead atoms. The van der Waals surface area contributed by atoms with Crippen molar-refractivity contribution in [1.82, 2.24) is 5.32 Å². The van der Waals surface area contributed by atoms with Crippen molar-refractivity contribution in [2.75, 3.05) is 19.8 Å². The molecular weight excluding hydrogens is 871 g/mol. The molecule has 0 spiro atoms. The van der Waals surface area contributed by atoms with Crippen molar-refractivity contribution in [1.29, 1.82) is 0 Å². The van der Waals surface area contributed by atoms with Gasteiger partial charge in [-0.3, -0.25) is 9.59 Å². The number of aliphatic hydroxyl groups is 5. The van der Waals surface area contributed by atoms with Crippen LogP contribution in [0.5, 0.6) is 0 Å². The summed E-state index contributed by atoms with van der Waals surface area (Å²) in [5.41, 5.74) is 0. The van der Waals surface area contributed by atoms with Crippen molar-refractivity contribution in [3.63, 3.8) is 0 Å². The smallest absolute Gasteiger partial charge is 0.305 e. The average molecular weight is 976 g/mol. The molecule has 0 radical (unpaired) electrons. The molecule has 1 aliphatic heterocycles. The predicted molar refractivity (Wildman–Crippen MR) is 283 cm³/mol. The number of hydrogen-bond donors (Lipinski definition) is 6. The van der Waals surface area contributed by atoms with Crippen LogP contribution < -0.4 is 5.32 Å². The van der Waals surface area contributed by atoms with Gasteiger partial charge in [0, 0.05) is 12.8 Å². The van der Waals surface area contributed by atoms with E-state index in [1.54, 1.807) is 6.08 Å². The molecule has 69 heavy (non-hydrogen) atoms. The van der Waals surface area contributed by atoms with Gasteiger partial charge in [-0.05, 0) is 89.9 Å². The Balaban J connectivity index is 2.07. The van der Waals surface area contributed by atoms with Gasteiger partial charge in [0.25, 0.3) is 0 Å². The maximum absolute atomic E-state index is 13.0. The van der Waals surface area contributed by atoms with Crippen LogP contribution in [-0.2, 0) is 23.8 Å². The third kappa shape index (κ3) is 38.0. The maximum Gasteiger partial charge on any atom is 0.305 e. The molecule has 1 rings (SSSR count). The first-order valence-corrected chi connectivity index (χ1v) is 28.4. The van der Waals surface area contributed by atoms with E-state index in [-0.39, 0.29) is 18.5 Å². The number of amides is 1. The molecule has 7 unspecified atom stereocenters. The van der Waals surface area contributed by atoms with Crippen molar-refractivity contribution in [2.45, 2.75) is 288 Å². The molecule has 0 saturated carbocycles. The standard InChI is InChI=1S/C58H105NO10/c1-3-5-7-9-11-13-14-15-16-17-20-23-26-30-34-38-42-46-54(63)67-47-43-39-35-31-27-24-21-18-19-22-25-29-33-37-41-45-53(62)59-50(51(61)44-40-36-32-28-12-10-8-6-4-2)49-68-58-57(66)56(65)55(64)52(48-60)69-58/h11,13,15-16,21,24,40,44,50-52,55-58,60-61,64-66H,3-10,12,14,17-20,22-23,25-39,41-43,45-49H2,1-2H3,(H,59,62)/b13-11-,16-15-,24-21-,44-40+. The van der Waals surface area contributed by atoms with Crippen molar-refractivity contribution in [3.05, 3.63) is 48.6 Å². The molecule has 7 atom stereocenters. The Morgan fingerprint density at radius 1 is 0.536 bits per heavy atom. The lowest BCUT2D eigenvalue weighted by molar-refractivity contribution is -0.302. The number of carbonyl (C=O) groups excluding carboxylic acids is 2. The van der Waals surface area contributed by atoms with Crippen LogP contribution in [-0.4, -0.2) is 100 Å². The Morgan fingerprint density at radius 3 is 1.51 bits per heavy atom. The molecule has 1 fully saturated rings. The Labute approximate surface area is 421 Å². The first-order valence-electron chi connectivity index (χ1n) is 28.4. The third-order valence-corrected chi connectivity index (χ3v) is 13.2. The summed E-state index contributed by atoms with van der Waals surface area (Å²) < 4.78 is 16.6. The molecule has 0 aromatic carbocycles. The lowest BCUT2D eigenvalue weighted by Gasteiger charge is -2.40. The summed E-state index contributed by atoms with van der Waals surface area (Å²) in [6.45, 7) is 4.22. The predicted octanol–water partition coefficient (Wildman–Crippen LogP) is 12.5. The van der Waals surface area contributed by atoms with Crippen LogP contribution in [0, 0.1) is 0 Å². The molecule has 1 amide bonds. The summed E-state index contributed by atoms with van der Waals surface area (Å²) in [6, 6.07) is -0.821. The van der Waals surface area contributed by atoms with Gasteiger partial charge < -0.3 is 45.1 Å². The Hall–Kier alpha value is -2.38. The van der Waals surface area contributed by atoms with Gasteiger partial charge >= 0.3 is 5.97 Å². The summed E-state index contributed by atoms with van der Waals surface area (Å²) in [5.74, 6) is -0.239. The zero-order chi connectivity index (χ0) is 50.3. The van der Waals surface area contributed by atoms with Gasteiger partial charge in [-0.1, -0.05) is 191 Å². The monoisotopic (exact) mass is 976 g/mol. The van der Waals surface area contributed by atoms with Crippen LogP contribution in [0.2, 0.25) is 0 Å². The summed E-state index contributed by atoms with van der Waals surface area (Å²) >= 11 is 0. The molecule has 1 saturated heterocycles. The Kier molecular flexibility index (Phi) is 44.9. The second-order valence-electron chi connectivity index (χ2n) is 19.6. The van der Waals surface area contributed by atoms with Crippen molar-refractivity contribution in [2.24, 2.45) is 0 Å². The summed E-state index contributed by atoms with van der Waals surface area (Å²) in [4.78, 5) is 25.1. The van der Waals surface area contributed by atoms with E-state index in [2.05, 4.69) is 55.6 Å². The molecule has 0 aromatic heterocycles. The highest BCUT2D eigenvalue weighted by atomic mass is 16.7. The van der Waals surface area contributed by atoms with Gasteiger partial charge in [0.15, 0.2) is 6.29 Å². The minimum absolute atomic E-state index is 0.0380. The normalized spacial score (nSPS) is 19.7. The van der Waals surface area contributed by atoms with Crippen LogP contribution in [0.1, 0.15) is 245 Å². The van der Waals surface area contributed by atoms with Gasteiger partial charge in [-0.25, -0.2) is 0 Å². The van der Waals surface area contributed by atoms with Crippen LogP contribution in [0.3, 0.4) is 0 Å². The first kappa shape index (κ1) is 64.6. The fourth-order valence-corrected chi connectivity index (χ4v) is 8.57. The average Bonchev–Trinajstić information content (AvgIpc) is 3.34. The van der Waals surface area contributed by atoms with Crippen molar-refractivity contribution >= 4 is 11.9 Å². The summed E-state index contributed by atoms with van der Waals surface area (Å²) in [6.07, 6.45) is 49.2. The van der Waals surface area contributed by atoms with E-state index in [0.717, 1.165) is 96.3 Å². The van der Waals surface area contributed by atoms with E-state index in [0.29, 0.717) is 19.4 Å². The Morgan fingerprint density at radius 2 is 0.971 bits per heavy atom. The minimum atomic E-state index is -1.58. The van der Waals surface area contributed by atoms with E-state index in [1.165, 1.54) is 122 Å². The van der Waals surface area contributed by atoms with Gasteiger partial charge in [-0.15, -0.1) is 0 Å². The largest absolute Gasteiger partial charge is 0.466 e. The maximum atomic E-state index is 13.0. The summed E-state index contributed by atoms with van der Waals surface area (Å²) in [5, 5.41) is 54.1. The zero-order valence-corrected chi connectivity index (χ0v) is 44.0. The third-order valence-electron chi connectivity index (χ3n) is 13.2. The van der Waals surface area contributed by atoms with Crippen molar-refractivity contribution < 1.29 is 49.3 Å².